The average molecular weight is 629 g/mol. The van der Waals surface area contributed by atoms with Crippen molar-refractivity contribution in [1.29, 1.82) is 0 Å². The van der Waals surface area contributed by atoms with E-state index in [1.807, 2.05) is 31.7 Å². The van der Waals surface area contributed by atoms with Crippen molar-refractivity contribution in [3.05, 3.63) is 34.4 Å². The van der Waals surface area contributed by atoms with E-state index in [9.17, 15) is 19.8 Å². The molecule has 11 heteroatoms. The summed E-state index contributed by atoms with van der Waals surface area (Å²) in [5.74, 6) is 1.17. The van der Waals surface area contributed by atoms with Gasteiger partial charge >= 0.3 is 5.97 Å². The van der Waals surface area contributed by atoms with Crippen molar-refractivity contribution in [2.24, 2.45) is 10.4 Å². The van der Waals surface area contributed by atoms with E-state index in [2.05, 4.69) is 35.3 Å². The molecule has 3 heterocycles. The van der Waals surface area contributed by atoms with Crippen LogP contribution < -0.4 is 5.32 Å². The maximum absolute atomic E-state index is 12.8. The number of hydrogen-bond acceptors (Lipinski definition) is 9. The van der Waals surface area contributed by atoms with Gasteiger partial charge in [-0.05, 0) is 38.5 Å². The van der Waals surface area contributed by atoms with Crippen LogP contribution in [0.3, 0.4) is 0 Å². The van der Waals surface area contributed by atoms with Gasteiger partial charge in [-0.2, -0.15) is 0 Å². The normalized spacial score (nSPS) is 32.6. The third kappa shape index (κ3) is 6.29. The fourth-order valence-electron chi connectivity index (χ4n) is 5.21. The number of hydrogen-bond donors (Lipinski definition) is 3. The van der Waals surface area contributed by atoms with Crippen LogP contribution in [-0.4, -0.2) is 85.3 Å². The fraction of sp³-hybridized carbons (Fsp3) is 0.667. The van der Waals surface area contributed by atoms with E-state index in [0.29, 0.717) is 10.8 Å². The SMILES string of the molecule is CCCCCC1=CC=CC(=O)/C1=C1\N[C@@H]([C@H]2SC[C@@H]([C@@H](O)C(C)(C)C3=N[C@@](C)(C(=O)O)CS3)N2C)CS1.[Cu]. The van der Waals surface area contributed by atoms with Gasteiger partial charge in [0, 0.05) is 45.8 Å². The number of carboxylic acid groups (broad SMARTS) is 1. The Hall–Kier alpha value is -0.681. The summed E-state index contributed by atoms with van der Waals surface area (Å²) in [6.45, 7) is 7.75. The Morgan fingerprint density at radius 1 is 1.32 bits per heavy atom. The summed E-state index contributed by atoms with van der Waals surface area (Å²) in [5.41, 5.74) is 0.158. The standard InChI is InChI=1S/C27H39N3O4S3.Cu/c1-6-7-8-10-16-11-9-12-19(31)20(16)22-28-17(13-35-22)23-30(5)18(14-36-23)21(32)26(2,3)24-29-27(4,15-37-24)25(33)34;/h9,11-12,17-18,21,23,28,32H,6-8,10,13-15H2,1-5H3,(H,33,34);/b22-20+;/t17-,18+,21-,23-,27-;/m1./s1. The smallest absolute Gasteiger partial charge is 0.332 e. The van der Waals surface area contributed by atoms with Crippen molar-refractivity contribution in [3.8, 4) is 0 Å². The number of unbranched alkanes of at least 4 members (excludes halogenated alkanes) is 2. The van der Waals surface area contributed by atoms with E-state index in [0.717, 1.165) is 53.4 Å². The number of ketones is 1. The van der Waals surface area contributed by atoms with Crippen LogP contribution in [0.25, 0.3) is 0 Å². The molecule has 215 valence electrons. The summed E-state index contributed by atoms with van der Waals surface area (Å²) < 4.78 is 0. The second-order valence-electron chi connectivity index (χ2n) is 11.0. The number of likely N-dealkylation sites (N-methyl/N-ethyl adjacent to an activating group) is 1. The van der Waals surface area contributed by atoms with E-state index < -0.39 is 23.0 Å². The Labute approximate surface area is 249 Å². The largest absolute Gasteiger partial charge is 0.479 e. The molecule has 7 nitrogen and oxygen atoms in total. The quantitative estimate of drug-likeness (QED) is 0.196. The molecular formula is C27H39CuN3O4S3. The molecule has 1 radical (unpaired) electrons. The van der Waals surface area contributed by atoms with Gasteiger partial charge in [0.25, 0.3) is 0 Å². The molecule has 0 spiro atoms. The molecule has 4 aliphatic rings. The number of aliphatic carboxylic acids is 1. The maximum atomic E-state index is 12.8. The van der Waals surface area contributed by atoms with Crippen LogP contribution in [-0.2, 0) is 26.7 Å². The molecule has 4 rings (SSSR count). The van der Waals surface area contributed by atoms with Gasteiger partial charge in [0.15, 0.2) is 11.3 Å². The molecule has 0 saturated carbocycles. The van der Waals surface area contributed by atoms with Gasteiger partial charge in [0.2, 0.25) is 0 Å². The van der Waals surface area contributed by atoms with E-state index in [1.54, 1.807) is 24.8 Å². The van der Waals surface area contributed by atoms with Crippen LogP contribution in [0.5, 0.6) is 0 Å². The molecule has 3 aliphatic heterocycles. The zero-order chi connectivity index (χ0) is 27.0. The Kier molecular flexibility index (Phi) is 10.8. The summed E-state index contributed by atoms with van der Waals surface area (Å²) in [4.78, 5) is 31.3. The van der Waals surface area contributed by atoms with Crippen LogP contribution in [0.2, 0.25) is 0 Å². The first-order valence-corrected chi connectivity index (χ1v) is 16.0. The molecule has 0 bridgehead atoms. The van der Waals surface area contributed by atoms with Crippen molar-refractivity contribution in [1.82, 2.24) is 10.2 Å². The van der Waals surface area contributed by atoms with Crippen LogP contribution in [0, 0.1) is 5.41 Å². The average Bonchev–Trinajstić information content (AvgIpc) is 3.58. The third-order valence-electron chi connectivity index (χ3n) is 7.77. The van der Waals surface area contributed by atoms with E-state index in [1.165, 1.54) is 11.8 Å². The number of aliphatic imine (C=N–C) groups is 1. The van der Waals surface area contributed by atoms with E-state index >= 15 is 0 Å². The van der Waals surface area contributed by atoms with Gasteiger partial charge < -0.3 is 15.5 Å². The number of thioether (sulfide) groups is 3. The topological polar surface area (TPSA) is 102 Å². The number of nitrogens with one attached hydrogen (secondary N) is 1. The van der Waals surface area contributed by atoms with E-state index in [-0.39, 0.29) is 40.3 Å². The molecule has 5 atom stereocenters. The molecular weight excluding hydrogens is 590 g/mol. The number of aliphatic hydroxyl groups excluding tert-OH is 1. The second-order valence-corrected chi connectivity index (χ2v) is 14.2. The number of aliphatic hydroxyl groups is 1. The van der Waals surface area contributed by atoms with Gasteiger partial charge in [-0.3, -0.25) is 14.7 Å². The van der Waals surface area contributed by atoms with Gasteiger partial charge in [0.05, 0.1) is 33.2 Å². The minimum Gasteiger partial charge on any atom is -0.479 e. The van der Waals surface area contributed by atoms with Gasteiger partial charge in [-0.1, -0.05) is 45.8 Å². The Balaban J connectivity index is 0.00000400. The zero-order valence-corrected chi connectivity index (χ0v) is 26.0. The third-order valence-corrected chi connectivity index (χ3v) is 12.0. The fourth-order valence-corrected chi connectivity index (χ4v) is 9.52. The molecule has 2 fully saturated rings. The van der Waals surface area contributed by atoms with Gasteiger partial charge in [0.1, 0.15) is 0 Å². The minimum atomic E-state index is -1.14. The summed E-state index contributed by atoms with van der Waals surface area (Å²) in [6, 6.07) is 0.0733. The molecule has 3 N–H and O–H groups in total. The zero-order valence-electron chi connectivity index (χ0n) is 22.6. The monoisotopic (exact) mass is 628 g/mol. The van der Waals surface area contributed by atoms with Crippen molar-refractivity contribution < 1.29 is 36.9 Å². The minimum absolute atomic E-state index is 0. The van der Waals surface area contributed by atoms with Crippen LogP contribution in [0.1, 0.15) is 53.4 Å². The van der Waals surface area contributed by atoms with Gasteiger partial charge in [-0.15, -0.1) is 35.3 Å². The number of carbonyl (C=O) groups is 2. The number of rotatable bonds is 9. The summed E-state index contributed by atoms with van der Waals surface area (Å²) in [6.07, 6.45) is 9.22. The molecule has 38 heavy (non-hydrogen) atoms. The van der Waals surface area contributed by atoms with Crippen LogP contribution in [0.4, 0.5) is 0 Å². The predicted octanol–water partition coefficient (Wildman–Crippen LogP) is 4.30. The summed E-state index contributed by atoms with van der Waals surface area (Å²) in [5, 5.41) is 26.6. The Morgan fingerprint density at radius 3 is 2.71 bits per heavy atom. The van der Waals surface area contributed by atoms with Crippen molar-refractivity contribution in [2.45, 2.75) is 82.5 Å². The first kappa shape index (κ1) is 31.8. The maximum Gasteiger partial charge on any atom is 0.332 e. The predicted molar refractivity (Wildman–Crippen MR) is 156 cm³/mol. The number of nitrogens with zero attached hydrogens (tertiary/aromatic N) is 2. The van der Waals surface area contributed by atoms with Gasteiger partial charge in [-0.25, -0.2) is 4.79 Å². The molecule has 0 amide bonds. The number of allylic oxidation sites excluding steroid dienone is 5. The molecule has 0 aromatic carbocycles. The molecule has 0 aromatic rings. The summed E-state index contributed by atoms with van der Waals surface area (Å²) in [7, 11) is 2.06. The molecule has 2 saturated heterocycles. The first-order chi connectivity index (χ1) is 17.5. The number of carbonyl (C=O) groups excluding carboxylic acids is 1. The summed E-state index contributed by atoms with van der Waals surface area (Å²) >= 11 is 4.99. The van der Waals surface area contributed by atoms with Crippen molar-refractivity contribution in [2.75, 3.05) is 24.3 Å². The molecule has 0 aromatic heterocycles. The molecule has 1 aliphatic carbocycles. The van der Waals surface area contributed by atoms with Crippen LogP contribution in [0.15, 0.2) is 39.4 Å². The van der Waals surface area contributed by atoms with E-state index in [4.69, 9.17) is 0 Å². The second kappa shape index (κ2) is 12.9. The first-order valence-electron chi connectivity index (χ1n) is 13.0. The van der Waals surface area contributed by atoms with Crippen LogP contribution >= 0.6 is 35.3 Å². The van der Waals surface area contributed by atoms with Crippen molar-refractivity contribution in [3.63, 3.8) is 0 Å². The number of carboxylic acids is 1. The van der Waals surface area contributed by atoms with Crippen molar-refractivity contribution >= 4 is 52.1 Å². The Bertz CT molecular complexity index is 1060. The molecule has 0 unspecified atom stereocenters. The Morgan fingerprint density at radius 2 is 2.05 bits per heavy atom.